The van der Waals surface area contributed by atoms with E-state index in [0.717, 1.165) is 35.1 Å². The summed E-state index contributed by atoms with van der Waals surface area (Å²) >= 11 is 7.03. The van der Waals surface area contributed by atoms with E-state index in [1.54, 1.807) is 23.1 Å². The van der Waals surface area contributed by atoms with E-state index < -0.39 is 0 Å². The molecule has 1 aliphatic rings. The van der Waals surface area contributed by atoms with Crippen LogP contribution in [-0.2, 0) is 4.79 Å². The van der Waals surface area contributed by atoms with Crippen molar-refractivity contribution in [1.82, 2.24) is 9.88 Å². The quantitative estimate of drug-likeness (QED) is 0.561. The molecule has 7 heteroatoms. The molecule has 1 atom stereocenters. The molecule has 3 nitrogen and oxygen atoms in total. The van der Waals surface area contributed by atoms with Gasteiger partial charge in [-0.25, -0.2) is 4.98 Å². The predicted octanol–water partition coefficient (Wildman–Crippen LogP) is 5.16. The molecule has 1 amide bonds. The Hall–Kier alpha value is -1.02. The molecule has 130 valence electrons. The molecule has 1 aliphatic heterocycles. The molecule has 1 fully saturated rings. The lowest BCUT2D eigenvalue weighted by Crippen LogP contribution is -2.34. The summed E-state index contributed by atoms with van der Waals surface area (Å²) in [6, 6.07) is 12.5. The van der Waals surface area contributed by atoms with Gasteiger partial charge in [-0.2, -0.15) is 11.8 Å². The highest BCUT2D eigenvalue weighted by atomic mass is 32.2. The summed E-state index contributed by atoms with van der Waals surface area (Å²) in [4.78, 5) is 20.7. The summed E-state index contributed by atoms with van der Waals surface area (Å²) < 4.78 is 2.16. The van der Waals surface area contributed by atoms with E-state index >= 15 is 0 Å². The molecule has 0 N–H and O–H groups in total. The van der Waals surface area contributed by atoms with Crippen LogP contribution in [0.15, 0.2) is 46.1 Å². The van der Waals surface area contributed by atoms with Crippen LogP contribution in [0.2, 0.25) is 0 Å². The second-order valence-corrected chi connectivity index (χ2v) is 10.3. The van der Waals surface area contributed by atoms with E-state index in [2.05, 4.69) is 28.6 Å². The van der Waals surface area contributed by atoms with E-state index in [4.69, 9.17) is 0 Å². The largest absolute Gasteiger partial charge is 0.341 e. The Kier molecular flexibility index (Phi) is 5.65. The van der Waals surface area contributed by atoms with Crippen molar-refractivity contribution in [2.75, 3.05) is 24.6 Å². The van der Waals surface area contributed by atoms with Crippen LogP contribution in [-0.4, -0.2) is 40.4 Å². The lowest BCUT2D eigenvalue weighted by Gasteiger charge is -2.19. The van der Waals surface area contributed by atoms with Crippen molar-refractivity contribution in [3.8, 4) is 0 Å². The van der Waals surface area contributed by atoms with E-state index in [1.807, 2.05) is 46.2 Å². The zero-order valence-corrected chi connectivity index (χ0v) is 16.9. The molecule has 0 aliphatic carbocycles. The molecule has 4 rings (SSSR count). The number of nitrogens with zero attached hydrogens (tertiary/aromatic N) is 2. The summed E-state index contributed by atoms with van der Waals surface area (Å²) in [6.07, 6.45) is 1.04. The van der Waals surface area contributed by atoms with Crippen LogP contribution in [0.3, 0.4) is 0 Å². The monoisotopic (exact) mass is 406 g/mol. The minimum Gasteiger partial charge on any atom is -0.341 e. The standard InChI is InChI=1S/C18H18N2OS4/c21-17(12-24-18-19-13-4-1-2-5-14(13)25-18)20-8-7-16(23-11-9-20)15-6-3-10-22-15/h1-6,10,16H,7-9,11-12H2/t16-/m1/s1. The smallest absolute Gasteiger partial charge is 0.233 e. The molecule has 1 saturated heterocycles. The minimum atomic E-state index is 0.233. The fourth-order valence-corrected chi connectivity index (χ4v) is 7.06. The molecule has 0 unspecified atom stereocenters. The fourth-order valence-electron chi connectivity index (χ4n) is 2.85. The van der Waals surface area contributed by atoms with Gasteiger partial charge in [-0.15, -0.1) is 22.7 Å². The van der Waals surface area contributed by atoms with Crippen LogP contribution >= 0.6 is 46.2 Å². The Morgan fingerprint density at radius 2 is 2.16 bits per heavy atom. The molecule has 25 heavy (non-hydrogen) atoms. The molecular formula is C18H18N2OS4. The third kappa shape index (κ3) is 4.22. The van der Waals surface area contributed by atoms with E-state index in [1.165, 1.54) is 9.58 Å². The maximum Gasteiger partial charge on any atom is 0.233 e. The van der Waals surface area contributed by atoms with Gasteiger partial charge in [0.05, 0.1) is 16.0 Å². The molecule has 0 spiro atoms. The summed E-state index contributed by atoms with van der Waals surface area (Å²) in [5.41, 5.74) is 1.02. The highest BCUT2D eigenvalue weighted by Crippen LogP contribution is 2.37. The van der Waals surface area contributed by atoms with Crippen molar-refractivity contribution in [1.29, 1.82) is 0 Å². The van der Waals surface area contributed by atoms with Gasteiger partial charge in [-0.05, 0) is 30.0 Å². The number of rotatable bonds is 4. The van der Waals surface area contributed by atoms with Crippen LogP contribution in [0, 0.1) is 0 Å². The van der Waals surface area contributed by atoms with Gasteiger partial charge in [-0.3, -0.25) is 4.79 Å². The SMILES string of the molecule is O=C(CSc1nc2ccccc2s1)N1CCS[C@@H](c2cccs2)CC1. The maximum atomic E-state index is 12.6. The maximum absolute atomic E-state index is 12.6. The molecule has 0 radical (unpaired) electrons. The number of amides is 1. The number of thiophene rings is 1. The van der Waals surface area contributed by atoms with Crippen LogP contribution in [0.25, 0.3) is 10.2 Å². The number of thiazole rings is 1. The zero-order chi connectivity index (χ0) is 17.1. The van der Waals surface area contributed by atoms with Gasteiger partial charge in [0.2, 0.25) is 5.91 Å². The first-order valence-electron chi connectivity index (χ1n) is 8.21. The van der Waals surface area contributed by atoms with Crippen molar-refractivity contribution in [2.24, 2.45) is 0 Å². The van der Waals surface area contributed by atoms with Gasteiger partial charge >= 0.3 is 0 Å². The van der Waals surface area contributed by atoms with E-state index in [-0.39, 0.29) is 5.91 Å². The lowest BCUT2D eigenvalue weighted by molar-refractivity contribution is -0.128. The zero-order valence-electron chi connectivity index (χ0n) is 13.6. The Bertz CT molecular complexity index is 813. The van der Waals surface area contributed by atoms with Crippen molar-refractivity contribution < 1.29 is 4.79 Å². The third-order valence-electron chi connectivity index (χ3n) is 4.15. The van der Waals surface area contributed by atoms with Gasteiger partial charge in [0.1, 0.15) is 0 Å². The number of para-hydroxylation sites is 1. The third-order valence-corrected chi connectivity index (χ3v) is 8.76. The van der Waals surface area contributed by atoms with Gasteiger partial charge in [0.25, 0.3) is 0 Å². The van der Waals surface area contributed by atoms with E-state index in [9.17, 15) is 4.79 Å². The number of hydrogen-bond acceptors (Lipinski definition) is 6. The van der Waals surface area contributed by atoms with Crippen molar-refractivity contribution in [2.45, 2.75) is 16.0 Å². The number of benzene rings is 1. The van der Waals surface area contributed by atoms with Crippen LogP contribution in [0.5, 0.6) is 0 Å². The van der Waals surface area contributed by atoms with Gasteiger partial charge < -0.3 is 4.90 Å². The molecule has 0 saturated carbocycles. The van der Waals surface area contributed by atoms with Crippen molar-refractivity contribution in [3.05, 3.63) is 46.7 Å². The topological polar surface area (TPSA) is 33.2 Å². The Balaban J connectivity index is 1.33. The highest BCUT2D eigenvalue weighted by molar-refractivity contribution is 8.01. The Labute approximate surface area is 163 Å². The average Bonchev–Trinajstić information content (AvgIpc) is 3.24. The van der Waals surface area contributed by atoms with Crippen molar-refractivity contribution >= 4 is 62.3 Å². The lowest BCUT2D eigenvalue weighted by atomic mass is 10.2. The van der Waals surface area contributed by atoms with E-state index in [0.29, 0.717) is 11.0 Å². The van der Waals surface area contributed by atoms with Gasteiger partial charge in [0.15, 0.2) is 4.34 Å². The normalized spacial score (nSPS) is 18.4. The summed E-state index contributed by atoms with van der Waals surface area (Å²) in [6.45, 7) is 1.71. The molecular weight excluding hydrogens is 388 g/mol. The summed E-state index contributed by atoms with van der Waals surface area (Å²) in [7, 11) is 0. The molecule has 0 bridgehead atoms. The Morgan fingerprint density at radius 3 is 3.00 bits per heavy atom. The van der Waals surface area contributed by atoms with Gasteiger partial charge in [-0.1, -0.05) is 30.0 Å². The average molecular weight is 407 g/mol. The predicted molar refractivity (Wildman–Crippen MR) is 111 cm³/mol. The second-order valence-electron chi connectivity index (χ2n) is 5.78. The van der Waals surface area contributed by atoms with Gasteiger partial charge in [0, 0.05) is 29.0 Å². The Morgan fingerprint density at radius 1 is 1.24 bits per heavy atom. The van der Waals surface area contributed by atoms with Crippen LogP contribution < -0.4 is 0 Å². The molecule has 3 aromatic rings. The number of carbonyl (C=O) groups is 1. The first kappa shape index (κ1) is 17.4. The van der Waals surface area contributed by atoms with Crippen molar-refractivity contribution in [3.63, 3.8) is 0 Å². The number of thioether (sulfide) groups is 2. The fraction of sp³-hybridized carbons (Fsp3) is 0.333. The van der Waals surface area contributed by atoms with Crippen LogP contribution in [0.1, 0.15) is 16.5 Å². The molecule has 1 aromatic carbocycles. The van der Waals surface area contributed by atoms with Crippen LogP contribution in [0.4, 0.5) is 0 Å². The number of aromatic nitrogens is 1. The highest BCUT2D eigenvalue weighted by Gasteiger charge is 2.22. The number of carbonyl (C=O) groups excluding carboxylic acids is 1. The second kappa shape index (κ2) is 8.12. The molecule has 2 aromatic heterocycles. The summed E-state index contributed by atoms with van der Waals surface area (Å²) in [5, 5.41) is 2.67. The minimum absolute atomic E-state index is 0.233. The first-order chi connectivity index (χ1) is 12.3. The summed E-state index contributed by atoms with van der Waals surface area (Å²) in [5.74, 6) is 1.73. The first-order valence-corrected chi connectivity index (χ1v) is 11.9. The number of fused-ring (bicyclic) bond motifs is 1. The number of hydrogen-bond donors (Lipinski definition) is 0. The molecule has 3 heterocycles.